The lowest BCUT2D eigenvalue weighted by Gasteiger charge is -2.40. The number of fused-ring (bicyclic) bond motifs is 4. The molecule has 27 heavy (non-hydrogen) atoms. The van der Waals surface area contributed by atoms with E-state index in [1.165, 1.54) is 0 Å². The predicted molar refractivity (Wildman–Crippen MR) is 104 cm³/mol. The molecule has 2 aromatic carbocycles. The van der Waals surface area contributed by atoms with Crippen LogP contribution in [0.1, 0.15) is 25.0 Å². The second kappa shape index (κ2) is 5.63. The third-order valence-corrected chi connectivity index (χ3v) is 5.48. The fraction of sp³-hybridized carbons (Fsp3) is 0.381. The van der Waals surface area contributed by atoms with Gasteiger partial charge in [-0.1, -0.05) is 18.2 Å². The minimum Gasteiger partial charge on any atom is -0.462 e. The van der Waals surface area contributed by atoms with Crippen molar-refractivity contribution in [3.05, 3.63) is 53.6 Å². The number of hydrogen-bond donors (Lipinski definition) is 1. The molecule has 1 fully saturated rings. The highest BCUT2D eigenvalue weighted by molar-refractivity contribution is 5.77. The molecule has 6 heteroatoms. The lowest BCUT2D eigenvalue weighted by Crippen LogP contribution is -2.48. The Hall–Kier alpha value is -2.73. The van der Waals surface area contributed by atoms with Crippen LogP contribution in [0.2, 0.25) is 0 Å². The summed E-state index contributed by atoms with van der Waals surface area (Å²) in [5.41, 5.74) is 8.20. The van der Waals surface area contributed by atoms with Crippen LogP contribution in [0.3, 0.4) is 0 Å². The first kappa shape index (κ1) is 16.4. The van der Waals surface area contributed by atoms with Gasteiger partial charge in [-0.25, -0.2) is 4.99 Å². The van der Waals surface area contributed by atoms with Crippen LogP contribution in [-0.2, 0) is 15.0 Å². The molecule has 0 radical (unpaired) electrons. The number of benzene rings is 2. The number of nitrogens with two attached hydrogens (primary N) is 1. The molecule has 3 aliphatic heterocycles. The average Bonchev–Trinajstić information content (AvgIpc) is 3.03. The van der Waals surface area contributed by atoms with Gasteiger partial charge >= 0.3 is 0 Å². The lowest BCUT2D eigenvalue weighted by atomic mass is 9.81. The Morgan fingerprint density at radius 3 is 2.67 bits per heavy atom. The molecule has 2 aromatic rings. The molecule has 1 spiro atoms. The molecule has 3 aliphatic rings. The number of morpholine rings is 1. The molecule has 1 saturated heterocycles. The van der Waals surface area contributed by atoms with E-state index in [2.05, 4.69) is 30.9 Å². The minimum atomic E-state index is -0.661. The maximum absolute atomic E-state index is 6.17. The van der Waals surface area contributed by atoms with Gasteiger partial charge in [0, 0.05) is 29.9 Å². The maximum atomic E-state index is 6.17. The van der Waals surface area contributed by atoms with Crippen LogP contribution in [0.25, 0.3) is 0 Å². The highest BCUT2D eigenvalue weighted by atomic mass is 16.5. The summed E-state index contributed by atoms with van der Waals surface area (Å²) in [4.78, 5) is 7.07. The molecule has 140 valence electrons. The predicted octanol–water partition coefficient (Wildman–Crippen LogP) is 3.00. The van der Waals surface area contributed by atoms with E-state index in [9.17, 15) is 0 Å². The van der Waals surface area contributed by atoms with Gasteiger partial charge < -0.3 is 24.8 Å². The van der Waals surface area contributed by atoms with E-state index in [1.807, 2.05) is 30.3 Å². The van der Waals surface area contributed by atoms with E-state index in [-0.39, 0.29) is 11.6 Å². The fourth-order valence-corrected chi connectivity index (χ4v) is 4.23. The number of para-hydroxylation sites is 1. The van der Waals surface area contributed by atoms with Gasteiger partial charge in [0.25, 0.3) is 6.02 Å². The quantitative estimate of drug-likeness (QED) is 0.841. The number of amidine groups is 1. The zero-order valence-corrected chi connectivity index (χ0v) is 15.6. The molecule has 0 aromatic heterocycles. The summed E-state index contributed by atoms with van der Waals surface area (Å²) < 4.78 is 17.6. The number of anilines is 1. The van der Waals surface area contributed by atoms with Gasteiger partial charge in [-0.15, -0.1) is 0 Å². The molecule has 3 heterocycles. The number of nitrogens with zero attached hydrogens (tertiary/aromatic N) is 2. The SMILES string of the molecule is CC1(C)CN(c2ccc3c(c2)[C@@]2(COC(N)=N2)c2ccccc2O3)CCO1. The Morgan fingerprint density at radius 1 is 1.07 bits per heavy atom. The third kappa shape index (κ3) is 2.55. The Labute approximate surface area is 158 Å². The van der Waals surface area contributed by atoms with E-state index < -0.39 is 5.54 Å². The molecule has 0 saturated carbocycles. The Balaban J connectivity index is 1.63. The van der Waals surface area contributed by atoms with Crippen molar-refractivity contribution in [2.45, 2.75) is 25.0 Å². The van der Waals surface area contributed by atoms with E-state index in [0.717, 1.165) is 41.4 Å². The third-order valence-electron chi connectivity index (χ3n) is 5.48. The first-order valence-corrected chi connectivity index (χ1v) is 9.26. The lowest BCUT2D eigenvalue weighted by molar-refractivity contribution is -0.0277. The molecular weight excluding hydrogens is 342 g/mol. The number of hydrogen-bond acceptors (Lipinski definition) is 6. The van der Waals surface area contributed by atoms with Crippen LogP contribution >= 0.6 is 0 Å². The molecule has 1 atom stereocenters. The van der Waals surface area contributed by atoms with Crippen molar-refractivity contribution < 1.29 is 14.2 Å². The first-order chi connectivity index (χ1) is 13.0. The van der Waals surface area contributed by atoms with E-state index in [0.29, 0.717) is 13.2 Å². The molecular formula is C21H23N3O3. The molecule has 5 rings (SSSR count). The van der Waals surface area contributed by atoms with Crippen molar-refractivity contribution in [3.8, 4) is 11.5 Å². The number of rotatable bonds is 1. The Morgan fingerprint density at radius 2 is 1.89 bits per heavy atom. The Bertz CT molecular complexity index is 940. The van der Waals surface area contributed by atoms with Crippen molar-refractivity contribution in [2.24, 2.45) is 10.7 Å². The van der Waals surface area contributed by atoms with Crippen molar-refractivity contribution in [2.75, 3.05) is 31.2 Å². The second-order valence-corrected chi connectivity index (χ2v) is 7.91. The van der Waals surface area contributed by atoms with E-state index in [4.69, 9.17) is 24.9 Å². The van der Waals surface area contributed by atoms with Gasteiger partial charge in [-0.2, -0.15) is 0 Å². The van der Waals surface area contributed by atoms with Crippen molar-refractivity contribution in [1.29, 1.82) is 0 Å². The summed E-state index contributed by atoms with van der Waals surface area (Å²) in [6.45, 7) is 7.02. The standard InChI is InChI=1S/C21H23N3O3/c1-20(2)12-24(9-10-26-20)14-7-8-18-16(11-14)21(13-25-19(22)23-21)15-5-3-4-6-17(15)27-18/h3-8,11H,9-10,12-13H2,1-2H3,(H2,22,23)/t21-/m1/s1. The van der Waals surface area contributed by atoms with Crippen LogP contribution in [0, 0.1) is 0 Å². The molecule has 0 aliphatic carbocycles. The zero-order valence-electron chi connectivity index (χ0n) is 15.6. The van der Waals surface area contributed by atoms with Gasteiger partial charge in [0.2, 0.25) is 0 Å². The van der Waals surface area contributed by atoms with Crippen LogP contribution in [0.4, 0.5) is 5.69 Å². The minimum absolute atomic E-state index is 0.173. The monoisotopic (exact) mass is 365 g/mol. The summed E-state index contributed by atoms with van der Waals surface area (Å²) in [5, 5.41) is 0. The second-order valence-electron chi connectivity index (χ2n) is 7.91. The average molecular weight is 365 g/mol. The largest absolute Gasteiger partial charge is 0.462 e. The van der Waals surface area contributed by atoms with Crippen molar-refractivity contribution >= 4 is 11.7 Å². The van der Waals surface area contributed by atoms with Gasteiger partial charge in [-0.05, 0) is 38.1 Å². The molecule has 2 N–H and O–H groups in total. The highest BCUT2D eigenvalue weighted by Gasteiger charge is 2.47. The fourth-order valence-electron chi connectivity index (χ4n) is 4.23. The molecule has 0 unspecified atom stereocenters. The van der Waals surface area contributed by atoms with Crippen LogP contribution in [-0.4, -0.2) is 37.9 Å². The van der Waals surface area contributed by atoms with Crippen molar-refractivity contribution in [3.63, 3.8) is 0 Å². The molecule has 0 bridgehead atoms. The summed E-state index contributed by atoms with van der Waals surface area (Å²) in [7, 11) is 0. The van der Waals surface area contributed by atoms with Crippen molar-refractivity contribution in [1.82, 2.24) is 0 Å². The summed E-state index contributed by atoms with van der Waals surface area (Å²) >= 11 is 0. The highest BCUT2D eigenvalue weighted by Crippen LogP contribution is 2.51. The summed E-state index contributed by atoms with van der Waals surface area (Å²) in [6, 6.07) is 14.5. The van der Waals surface area contributed by atoms with Gasteiger partial charge in [0.05, 0.1) is 12.2 Å². The van der Waals surface area contributed by atoms with Gasteiger partial charge in [-0.3, -0.25) is 0 Å². The summed E-state index contributed by atoms with van der Waals surface area (Å²) in [6.07, 6.45) is 0. The van der Waals surface area contributed by atoms with Gasteiger partial charge in [0.15, 0.2) is 5.54 Å². The van der Waals surface area contributed by atoms with E-state index in [1.54, 1.807) is 0 Å². The first-order valence-electron chi connectivity index (χ1n) is 9.26. The zero-order chi connectivity index (χ0) is 18.6. The Kier molecular flexibility index (Phi) is 3.43. The van der Waals surface area contributed by atoms with Crippen LogP contribution in [0.5, 0.6) is 11.5 Å². The topological polar surface area (TPSA) is 69.3 Å². The van der Waals surface area contributed by atoms with Crippen LogP contribution in [0.15, 0.2) is 47.5 Å². The number of ether oxygens (including phenoxy) is 3. The van der Waals surface area contributed by atoms with Crippen LogP contribution < -0.4 is 15.4 Å². The normalized spacial score (nSPS) is 25.3. The maximum Gasteiger partial charge on any atom is 0.283 e. The number of aliphatic imine (C=N–C) groups is 1. The van der Waals surface area contributed by atoms with Gasteiger partial charge in [0.1, 0.15) is 18.1 Å². The molecule has 0 amide bonds. The molecule has 6 nitrogen and oxygen atoms in total. The smallest absolute Gasteiger partial charge is 0.283 e. The summed E-state index contributed by atoms with van der Waals surface area (Å²) in [5.74, 6) is 1.60. The van der Waals surface area contributed by atoms with E-state index >= 15 is 0 Å².